The lowest BCUT2D eigenvalue weighted by Gasteiger charge is -2.39. The Morgan fingerprint density at radius 1 is 1.31 bits per heavy atom. The summed E-state index contributed by atoms with van der Waals surface area (Å²) in [6, 6.07) is 2.84. The van der Waals surface area contributed by atoms with Crippen LogP contribution in [0.4, 0.5) is 23.7 Å². The van der Waals surface area contributed by atoms with Gasteiger partial charge in [0.15, 0.2) is 12.2 Å². The summed E-state index contributed by atoms with van der Waals surface area (Å²) >= 11 is 0. The number of imide groups is 1. The van der Waals surface area contributed by atoms with Gasteiger partial charge in [-0.2, -0.15) is 18.4 Å². The number of aliphatic imine (C=N–C) groups is 1. The second-order valence-electron chi connectivity index (χ2n) is 6.50. The standard InChI is InChI=1S/C17H15F3N6O3/c1-24-14-13(15(28)25(2)16(24)29)26(8-22-14)7-12(27)23-10-4-3-9(6-21)11(5-10)17(18,19)20/h3-5,8,13-14H,7H2,1-2H3,(H,23,27). The van der Waals surface area contributed by atoms with Crippen molar-refractivity contribution >= 4 is 29.9 Å². The number of halogens is 3. The van der Waals surface area contributed by atoms with Gasteiger partial charge in [0.25, 0.3) is 5.91 Å². The predicted molar refractivity (Wildman–Crippen MR) is 93.5 cm³/mol. The van der Waals surface area contributed by atoms with E-state index in [0.29, 0.717) is 6.07 Å². The molecule has 29 heavy (non-hydrogen) atoms. The van der Waals surface area contributed by atoms with Crippen molar-refractivity contribution < 1.29 is 27.6 Å². The fraction of sp³-hybridized carbons (Fsp3) is 0.353. The Morgan fingerprint density at radius 3 is 2.62 bits per heavy atom. The number of alkyl halides is 3. The van der Waals surface area contributed by atoms with Crippen molar-refractivity contribution in [3.05, 3.63) is 29.3 Å². The number of likely N-dealkylation sites (N-methyl/N-ethyl adjacent to an activating group) is 2. The molecule has 1 fully saturated rings. The topological polar surface area (TPSA) is 109 Å². The molecule has 1 aromatic rings. The Hall–Kier alpha value is -3.62. The highest BCUT2D eigenvalue weighted by Crippen LogP contribution is 2.33. The Labute approximate surface area is 163 Å². The van der Waals surface area contributed by atoms with Gasteiger partial charge in [-0.1, -0.05) is 0 Å². The first-order chi connectivity index (χ1) is 13.5. The van der Waals surface area contributed by atoms with Crippen molar-refractivity contribution in [3.8, 4) is 6.07 Å². The largest absolute Gasteiger partial charge is 0.417 e. The molecule has 0 radical (unpaired) electrons. The van der Waals surface area contributed by atoms with Gasteiger partial charge in [-0.15, -0.1) is 0 Å². The number of rotatable bonds is 3. The lowest BCUT2D eigenvalue weighted by Crippen LogP contribution is -2.64. The first-order valence-corrected chi connectivity index (χ1v) is 8.29. The van der Waals surface area contributed by atoms with Gasteiger partial charge in [0.1, 0.15) is 0 Å². The van der Waals surface area contributed by atoms with Gasteiger partial charge in [-0.3, -0.25) is 14.5 Å². The van der Waals surface area contributed by atoms with Gasteiger partial charge >= 0.3 is 12.2 Å². The summed E-state index contributed by atoms with van der Waals surface area (Å²) in [6.07, 6.45) is -4.28. The summed E-state index contributed by atoms with van der Waals surface area (Å²) in [7, 11) is 2.78. The van der Waals surface area contributed by atoms with Crippen molar-refractivity contribution in [2.24, 2.45) is 4.99 Å². The van der Waals surface area contributed by atoms with Gasteiger partial charge in [-0.05, 0) is 18.2 Å². The number of nitriles is 1. The van der Waals surface area contributed by atoms with Gasteiger partial charge in [-0.25, -0.2) is 9.79 Å². The molecule has 2 heterocycles. The van der Waals surface area contributed by atoms with E-state index in [1.165, 1.54) is 42.4 Å². The van der Waals surface area contributed by atoms with E-state index in [4.69, 9.17) is 5.26 Å². The van der Waals surface area contributed by atoms with E-state index in [2.05, 4.69) is 10.3 Å². The van der Waals surface area contributed by atoms with Crippen molar-refractivity contribution in [1.82, 2.24) is 14.7 Å². The molecule has 1 saturated heterocycles. The maximum Gasteiger partial charge on any atom is 0.417 e. The third kappa shape index (κ3) is 3.58. The zero-order chi connectivity index (χ0) is 21.5. The molecule has 2 atom stereocenters. The quantitative estimate of drug-likeness (QED) is 0.805. The maximum absolute atomic E-state index is 13.1. The number of carbonyl (C=O) groups excluding carboxylic acids is 3. The fourth-order valence-electron chi connectivity index (χ4n) is 3.16. The number of benzene rings is 1. The second kappa shape index (κ2) is 7.08. The predicted octanol–water partition coefficient (Wildman–Crippen LogP) is 1.08. The highest BCUT2D eigenvalue weighted by molar-refractivity contribution is 6.02. The van der Waals surface area contributed by atoms with Gasteiger partial charge in [0, 0.05) is 19.8 Å². The normalized spacial score (nSPS) is 21.3. The summed E-state index contributed by atoms with van der Waals surface area (Å²) in [5.41, 5.74) is -1.87. The van der Waals surface area contributed by atoms with Crippen molar-refractivity contribution in [2.75, 3.05) is 26.0 Å². The Kier molecular flexibility index (Phi) is 4.91. The van der Waals surface area contributed by atoms with Crippen LogP contribution in [0.25, 0.3) is 0 Å². The highest BCUT2D eigenvalue weighted by Gasteiger charge is 2.48. The number of hydrogen-bond donors (Lipinski definition) is 1. The van der Waals surface area contributed by atoms with Crippen LogP contribution in [0.2, 0.25) is 0 Å². The third-order valence-corrected chi connectivity index (χ3v) is 4.63. The average molecular weight is 408 g/mol. The van der Waals surface area contributed by atoms with Crippen LogP contribution in [-0.2, 0) is 15.8 Å². The molecule has 0 saturated carbocycles. The summed E-state index contributed by atoms with van der Waals surface area (Å²) < 4.78 is 39.2. The van der Waals surface area contributed by atoms with Crippen LogP contribution in [0.5, 0.6) is 0 Å². The molecule has 2 aliphatic rings. The molecule has 0 aliphatic carbocycles. The summed E-state index contributed by atoms with van der Waals surface area (Å²) in [6.45, 7) is -0.367. The second-order valence-corrected chi connectivity index (χ2v) is 6.50. The molecule has 0 bridgehead atoms. The average Bonchev–Trinajstić information content (AvgIpc) is 3.07. The van der Waals surface area contributed by atoms with Gasteiger partial charge < -0.3 is 15.1 Å². The van der Waals surface area contributed by atoms with Gasteiger partial charge in [0.2, 0.25) is 5.91 Å². The number of fused-ring (bicyclic) bond motifs is 1. The molecular formula is C17H15F3N6O3. The molecule has 9 nitrogen and oxygen atoms in total. The van der Waals surface area contributed by atoms with Crippen LogP contribution in [0.15, 0.2) is 23.2 Å². The molecule has 2 unspecified atom stereocenters. The van der Waals surface area contributed by atoms with Crippen LogP contribution in [0, 0.1) is 11.3 Å². The van der Waals surface area contributed by atoms with E-state index in [9.17, 15) is 27.6 Å². The first kappa shape index (κ1) is 20.1. The van der Waals surface area contributed by atoms with Crippen LogP contribution in [0.3, 0.4) is 0 Å². The third-order valence-electron chi connectivity index (χ3n) is 4.63. The summed E-state index contributed by atoms with van der Waals surface area (Å²) in [5, 5.41) is 11.1. The summed E-state index contributed by atoms with van der Waals surface area (Å²) in [4.78, 5) is 44.3. The zero-order valence-corrected chi connectivity index (χ0v) is 15.3. The number of nitrogens with one attached hydrogen (secondary N) is 1. The highest BCUT2D eigenvalue weighted by atomic mass is 19.4. The Morgan fingerprint density at radius 2 is 2.00 bits per heavy atom. The SMILES string of the molecule is CN1C(=O)C2C(N=CN2CC(=O)Nc2ccc(C#N)c(C(F)(F)F)c2)N(C)C1=O. The van der Waals surface area contributed by atoms with E-state index in [-0.39, 0.29) is 12.2 Å². The molecular weight excluding hydrogens is 393 g/mol. The number of anilines is 1. The van der Waals surface area contributed by atoms with Crippen molar-refractivity contribution in [3.63, 3.8) is 0 Å². The number of carbonyl (C=O) groups is 3. The Bertz CT molecular complexity index is 955. The fourth-order valence-corrected chi connectivity index (χ4v) is 3.16. The minimum atomic E-state index is -4.75. The number of nitrogens with zero attached hydrogens (tertiary/aromatic N) is 5. The van der Waals surface area contributed by atoms with Crippen molar-refractivity contribution in [2.45, 2.75) is 18.4 Å². The van der Waals surface area contributed by atoms with E-state index in [0.717, 1.165) is 11.0 Å². The van der Waals surface area contributed by atoms with Crippen LogP contribution in [-0.4, -0.2) is 71.7 Å². The maximum atomic E-state index is 13.1. The van der Waals surface area contributed by atoms with E-state index in [1.807, 2.05) is 0 Å². The molecule has 12 heteroatoms. The number of hydrogen-bond acceptors (Lipinski definition) is 6. The lowest BCUT2D eigenvalue weighted by molar-refractivity contribution is -0.138. The molecule has 0 spiro atoms. The minimum absolute atomic E-state index is 0.145. The van der Waals surface area contributed by atoms with Crippen molar-refractivity contribution in [1.29, 1.82) is 5.26 Å². The number of amides is 4. The first-order valence-electron chi connectivity index (χ1n) is 8.29. The smallest absolute Gasteiger partial charge is 0.338 e. The minimum Gasteiger partial charge on any atom is -0.338 e. The molecule has 1 aromatic carbocycles. The molecule has 2 aliphatic heterocycles. The lowest BCUT2D eigenvalue weighted by atomic mass is 10.1. The Balaban J connectivity index is 1.74. The van der Waals surface area contributed by atoms with E-state index < -0.39 is 47.4 Å². The van der Waals surface area contributed by atoms with Gasteiger partial charge in [0.05, 0.1) is 30.1 Å². The van der Waals surface area contributed by atoms with E-state index >= 15 is 0 Å². The van der Waals surface area contributed by atoms with Crippen LogP contribution < -0.4 is 5.32 Å². The van der Waals surface area contributed by atoms with Crippen LogP contribution >= 0.6 is 0 Å². The molecule has 3 rings (SSSR count). The molecule has 4 amide bonds. The number of urea groups is 1. The zero-order valence-electron chi connectivity index (χ0n) is 15.3. The van der Waals surface area contributed by atoms with Crippen LogP contribution in [0.1, 0.15) is 11.1 Å². The molecule has 1 N–H and O–H groups in total. The molecule has 152 valence electrons. The summed E-state index contributed by atoms with van der Waals surface area (Å²) in [5.74, 6) is -1.23. The monoisotopic (exact) mass is 408 g/mol. The molecule has 0 aromatic heterocycles. The van der Waals surface area contributed by atoms with E-state index in [1.54, 1.807) is 0 Å².